The molecule has 0 aromatic carbocycles. The van der Waals surface area contributed by atoms with Gasteiger partial charge < -0.3 is 20.0 Å². The van der Waals surface area contributed by atoms with E-state index in [0.29, 0.717) is 12.8 Å². The number of hydrogen-bond acceptors (Lipinski definition) is 6. The molecule has 0 bridgehead atoms. The molecule has 0 fully saturated rings. The largest absolute Gasteiger partial charge is 0.471 e. The van der Waals surface area contributed by atoms with Crippen molar-refractivity contribution in [1.29, 1.82) is 0 Å². The van der Waals surface area contributed by atoms with E-state index >= 15 is 0 Å². The number of carbonyl (C=O) groups excluding carboxylic acids is 2. The average Bonchev–Trinajstić information content (AvgIpc) is 2.99. The molecule has 8 nitrogen and oxygen atoms in total. The smallest absolute Gasteiger partial charge is 0.394 e. The molecular weight excluding hydrogens is 579 g/mol. The van der Waals surface area contributed by atoms with E-state index in [0.717, 1.165) is 51.4 Å². The van der Waals surface area contributed by atoms with E-state index in [-0.39, 0.29) is 12.8 Å². The van der Waals surface area contributed by atoms with Crippen molar-refractivity contribution in [2.75, 3.05) is 6.61 Å². The van der Waals surface area contributed by atoms with Crippen LogP contribution in [-0.2, 0) is 18.7 Å². The molecular formula is C35H69O8P. The maximum Gasteiger partial charge on any atom is 0.471 e. The maximum absolute atomic E-state index is 13.3. The van der Waals surface area contributed by atoms with Gasteiger partial charge in [-0.05, 0) is 12.8 Å². The summed E-state index contributed by atoms with van der Waals surface area (Å²) in [6.07, 6.45) is 26.7. The predicted molar refractivity (Wildman–Crippen MR) is 180 cm³/mol. The van der Waals surface area contributed by atoms with Crippen LogP contribution in [-0.4, -0.2) is 49.9 Å². The highest BCUT2D eigenvalue weighted by Gasteiger charge is 2.55. The van der Waals surface area contributed by atoms with Gasteiger partial charge in [0.05, 0.1) is 6.61 Å². The van der Waals surface area contributed by atoms with Crippen LogP contribution < -0.4 is 0 Å². The second kappa shape index (κ2) is 28.6. The van der Waals surface area contributed by atoms with Crippen molar-refractivity contribution in [3.05, 3.63) is 0 Å². The van der Waals surface area contributed by atoms with E-state index < -0.39 is 37.7 Å². The summed E-state index contributed by atoms with van der Waals surface area (Å²) in [6.45, 7) is 3.43. The molecule has 0 amide bonds. The Labute approximate surface area is 269 Å². The minimum atomic E-state index is -5.32. The zero-order valence-electron chi connectivity index (χ0n) is 28.5. The lowest BCUT2D eigenvalue weighted by Gasteiger charge is -2.34. The molecule has 0 aromatic heterocycles. The molecule has 0 aliphatic carbocycles. The van der Waals surface area contributed by atoms with E-state index in [9.17, 15) is 34.2 Å². The van der Waals surface area contributed by atoms with Crippen molar-refractivity contribution in [1.82, 2.24) is 0 Å². The zero-order valence-corrected chi connectivity index (χ0v) is 29.3. The van der Waals surface area contributed by atoms with Gasteiger partial charge in [-0.25, -0.2) is 4.57 Å². The Morgan fingerprint density at radius 1 is 0.545 bits per heavy atom. The van der Waals surface area contributed by atoms with Crippen molar-refractivity contribution in [2.24, 2.45) is 0 Å². The molecule has 0 rings (SSSR count). The van der Waals surface area contributed by atoms with Crippen LogP contribution in [0.5, 0.6) is 0 Å². The number of Topliss-reactive ketones (excluding diaryl/α,β-unsaturated/α-hetero) is 2. The number of rotatable bonds is 34. The van der Waals surface area contributed by atoms with Crippen molar-refractivity contribution in [3.63, 3.8) is 0 Å². The Bertz CT molecular complexity index is 696. The van der Waals surface area contributed by atoms with Crippen LogP contribution in [0.1, 0.15) is 194 Å². The molecule has 0 heterocycles. The van der Waals surface area contributed by atoms with Crippen molar-refractivity contribution in [3.8, 4) is 0 Å². The van der Waals surface area contributed by atoms with Crippen LogP contribution in [0.15, 0.2) is 0 Å². The molecule has 9 heteroatoms. The second-order valence-corrected chi connectivity index (χ2v) is 14.0. The van der Waals surface area contributed by atoms with Gasteiger partial charge in [0.1, 0.15) is 6.10 Å². The fourth-order valence-electron chi connectivity index (χ4n) is 5.98. The van der Waals surface area contributed by atoms with Gasteiger partial charge in [0.2, 0.25) is 5.60 Å². The third-order valence-corrected chi connectivity index (χ3v) is 9.27. The minimum Gasteiger partial charge on any atom is -0.394 e. The topological polar surface area (TPSA) is 141 Å². The van der Waals surface area contributed by atoms with Crippen LogP contribution >= 0.6 is 7.82 Å². The Kier molecular flexibility index (Phi) is 28.2. The normalized spacial score (nSPS) is 13.0. The highest BCUT2D eigenvalue weighted by atomic mass is 31.2. The van der Waals surface area contributed by atoms with E-state index in [1.165, 1.54) is 103 Å². The van der Waals surface area contributed by atoms with Crippen molar-refractivity contribution >= 4 is 19.4 Å². The molecule has 0 saturated carbocycles. The standard InChI is InChI=1S/C35H69O8P/c1-3-5-7-9-11-13-15-17-19-21-23-25-27-29-32(37)35(34(39)31-36,43-44(40,41)42)33(38)30-28-26-24-22-20-18-16-14-12-10-8-6-4-2/h34,36,39H,3-31H2,1-2H3,(H2,40,41,42). The summed E-state index contributed by atoms with van der Waals surface area (Å²) in [7, 11) is -5.32. The molecule has 4 N–H and O–H groups in total. The van der Waals surface area contributed by atoms with Gasteiger partial charge in [-0.2, -0.15) is 0 Å². The fourth-order valence-corrected chi connectivity index (χ4v) is 6.68. The summed E-state index contributed by atoms with van der Waals surface area (Å²) in [5.41, 5.74) is -2.75. The molecule has 0 aliphatic rings. The molecule has 0 saturated heterocycles. The van der Waals surface area contributed by atoms with Gasteiger partial charge in [0, 0.05) is 12.8 Å². The Morgan fingerprint density at radius 3 is 1.02 bits per heavy atom. The molecule has 0 aliphatic heterocycles. The SMILES string of the molecule is CCCCCCCCCCCCCCCC(=O)C(OP(=O)(O)O)(C(=O)CCCCCCCCCCCCCCC)C(O)CO. The number of ketones is 2. The van der Waals surface area contributed by atoms with Crippen LogP contribution in [0, 0.1) is 0 Å². The summed E-state index contributed by atoms with van der Waals surface area (Å²) in [5.74, 6) is -1.74. The van der Waals surface area contributed by atoms with E-state index in [1.54, 1.807) is 0 Å². The van der Waals surface area contributed by atoms with Crippen LogP contribution in [0.25, 0.3) is 0 Å². The molecule has 0 aromatic rings. The van der Waals surface area contributed by atoms with Crippen LogP contribution in [0.2, 0.25) is 0 Å². The van der Waals surface area contributed by atoms with Crippen LogP contribution in [0.4, 0.5) is 0 Å². The Balaban J connectivity index is 4.54. The lowest BCUT2D eigenvalue weighted by atomic mass is 9.82. The number of aliphatic hydroxyl groups excluding tert-OH is 2. The summed E-state index contributed by atoms with van der Waals surface area (Å²) >= 11 is 0. The first-order valence-corrected chi connectivity index (χ1v) is 19.8. The zero-order chi connectivity index (χ0) is 32.9. The molecule has 262 valence electrons. The highest BCUT2D eigenvalue weighted by Crippen LogP contribution is 2.44. The lowest BCUT2D eigenvalue weighted by Crippen LogP contribution is -2.58. The quantitative estimate of drug-likeness (QED) is 0.0307. The van der Waals surface area contributed by atoms with Gasteiger partial charge in [-0.3, -0.25) is 14.1 Å². The summed E-state index contributed by atoms with van der Waals surface area (Å²) in [4.78, 5) is 45.6. The number of carbonyl (C=O) groups is 2. The number of hydrogen-bond donors (Lipinski definition) is 4. The van der Waals surface area contributed by atoms with Crippen LogP contribution in [0.3, 0.4) is 0 Å². The van der Waals surface area contributed by atoms with E-state index in [1.807, 2.05) is 0 Å². The number of aliphatic hydroxyl groups is 2. The van der Waals surface area contributed by atoms with Crippen molar-refractivity contribution < 1.29 is 38.7 Å². The van der Waals surface area contributed by atoms with Gasteiger partial charge >= 0.3 is 7.82 Å². The van der Waals surface area contributed by atoms with Gasteiger partial charge in [-0.15, -0.1) is 0 Å². The van der Waals surface area contributed by atoms with Gasteiger partial charge in [0.15, 0.2) is 11.6 Å². The number of phosphoric ester groups is 1. The first-order chi connectivity index (χ1) is 21.2. The first kappa shape index (κ1) is 43.4. The molecule has 1 atom stereocenters. The fraction of sp³-hybridized carbons (Fsp3) is 0.943. The summed E-state index contributed by atoms with van der Waals surface area (Å²) in [6, 6.07) is 0. The molecule has 1 unspecified atom stereocenters. The van der Waals surface area contributed by atoms with E-state index in [2.05, 4.69) is 13.8 Å². The average molecular weight is 649 g/mol. The summed E-state index contributed by atoms with van der Waals surface area (Å²) in [5, 5.41) is 20.2. The van der Waals surface area contributed by atoms with Gasteiger partial charge in [0.25, 0.3) is 0 Å². The molecule has 44 heavy (non-hydrogen) atoms. The van der Waals surface area contributed by atoms with E-state index in [4.69, 9.17) is 4.52 Å². The third-order valence-electron chi connectivity index (χ3n) is 8.75. The Hall–Kier alpha value is -0.630. The summed E-state index contributed by atoms with van der Waals surface area (Å²) < 4.78 is 16.6. The number of unbranched alkanes of at least 4 members (excludes halogenated alkanes) is 24. The molecule has 0 radical (unpaired) electrons. The Morgan fingerprint density at radius 2 is 0.795 bits per heavy atom. The predicted octanol–water partition coefficient (Wildman–Crippen LogP) is 9.29. The number of phosphoric acid groups is 1. The second-order valence-electron chi connectivity index (χ2n) is 12.8. The maximum atomic E-state index is 13.3. The van der Waals surface area contributed by atoms with Crippen molar-refractivity contribution in [2.45, 2.75) is 205 Å². The minimum absolute atomic E-state index is 0.154. The monoisotopic (exact) mass is 648 g/mol. The third kappa shape index (κ3) is 22.0. The van der Waals surface area contributed by atoms with Gasteiger partial charge in [-0.1, -0.05) is 168 Å². The highest BCUT2D eigenvalue weighted by molar-refractivity contribution is 7.46. The first-order valence-electron chi connectivity index (χ1n) is 18.3. The lowest BCUT2D eigenvalue weighted by molar-refractivity contribution is -0.164. The molecule has 0 spiro atoms.